The lowest BCUT2D eigenvalue weighted by Gasteiger charge is -2.09. The molecular formula is C23H16Cl2O4. The van der Waals surface area contributed by atoms with E-state index in [9.17, 15) is 4.79 Å². The summed E-state index contributed by atoms with van der Waals surface area (Å²) in [4.78, 5) is 12.6. The van der Waals surface area contributed by atoms with E-state index in [-0.39, 0.29) is 18.1 Å². The number of hydrogen-bond donors (Lipinski definition) is 0. The van der Waals surface area contributed by atoms with Crippen LogP contribution in [0.2, 0.25) is 10.0 Å². The smallest absolute Gasteiger partial charge is 0.231 e. The third-order valence-electron chi connectivity index (χ3n) is 4.44. The van der Waals surface area contributed by atoms with Gasteiger partial charge >= 0.3 is 0 Å². The molecule has 3 aromatic rings. The second-order valence-electron chi connectivity index (χ2n) is 6.40. The predicted molar refractivity (Wildman–Crippen MR) is 113 cm³/mol. The first-order valence-corrected chi connectivity index (χ1v) is 9.58. The van der Waals surface area contributed by atoms with Gasteiger partial charge in [-0.2, -0.15) is 0 Å². The molecule has 6 heteroatoms. The number of ketones is 1. The number of fused-ring (bicyclic) bond motifs is 1. The number of allylic oxidation sites excluding steroid dienone is 1. The van der Waals surface area contributed by atoms with Crippen molar-refractivity contribution in [2.75, 3.05) is 7.11 Å². The maximum absolute atomic E-state index is 12.6. The Hall–Kier alpha value is -2.95. The number of carbonyl (C=O) groups excluding carboxylic acids is 1. The van der Waals surface area contributed by atoms with Gasteiger partial charge in [0.25, 0.3) is 0 Å². The molecule has 4 nitrogen and oxygen atoms in total. The molecule has 0 saturated carbocycles. The van der Waals surface area contributed by atoms with E-state index in [0.29, 0.717) is 32.9 Å². The fraction of sp³-hybridized carbons (Fsp3) is 0.0870. The fourth-order valence-corrected chi connectivity index (χ4v) is 3.40. The van der Waals surface area contributed by atoms with Crippen LogP contribution in [0.4, 0.5) is 0 Å². The normalized spacial score (nSPS) is 13.9. The summed E-state index contributed by atoms with van der Waals surface area (Å²) >= 11 is 12.1. The molecule has 0 aromatic heterocycles. The van der Waals surface area contributed by atoms with Gasteiger partial charge in [0.15, 0.2) is 5.76 Å². The fourth-order valence-electron chi connectivity index (χ4n) is 2.94. The van der Waals surface area contributed by atoms with E-state index < -0.39 is 0 Å². The molecule has 1 aliphatic rings. The van der Waals surface area contributed by atoms with E-state index in [1.165, 1.54) is 0 Å². The minimum atomic E-state index is -0.171. The van der Waals surface area contributed by atoms with E-state index in [2.05, 4.69) is 0 Å². The van der Waals surface area contributed by atoms with Crippen LogP contribution in [-0.4, -0.2) is 12.9 Å². The third kappa shape index (κ3) is 4.24. The Morgan fingerprint density at radius 3 is 2.66 bits per heavy atom. The molecule has 0 amide bonds. The molecule has 0 atom stereocenters. The van der Waals surface area contributed by atoms with Gasteiger partial charge in [0.1, 0.15) is 23.9 Å². The summed E-state index contributed by atoms with van der Waals surface area (Å²) in [6.45, 7) is 0.273. The first kappa shape index (κ1) is 19.4. The molecule has 0 N–H and O–H groups in total. The molecule has 0 spiro atoms. The Morgan fingerprint density at radius 2 is 1.86 bits per heavy atom. The lowest BCUT2D eigenvalue weighted by atomic mass is 10.1. The number of methoxy groups -OCH3 is 1. The minimum Gasteiger partial charge on any atom is -0.497 e. The zero-order chi connectivity index (χ0) is 20.4. The van der Waals surface area contributed by atoms with E-state index in [0.717, 1.165) is 11.1 Å². The lowest BCUT2D eigenvalue weighted by Crippen LogP contribution is -1.98. The number of ether oxygens (including phenoxy) is 3. The summed E-state index contributed by atoms with van der Waals surface area (Å²) in [6, 6.07) is 17.8. The number of hydrogen-bond acceptors (Lipinski definition) is 4. The zero-order valence-corrected chi connectivity index (χ0v) is 17.0. The summed E-state index contributed by atoms with van der Waals surface area (Å²) in [5.41, 5.74) is 2.12. The van der Waals surface area contributed by atoms with Crippen molar-refractivity contribution in [3.05, 3.63) is 93.2 Å². The van der Waals surface area contributed by atoms with E-state index in [1.807, 2.05) is 30.3 Å². The molecule has 1 aliphatic heterocycles. The highest BCUT2D eigenvalue weighted by atomic mass is 35.5. The van der Waals surface area contributed by atoms with Gasteiger partial charge in [-0.05, 0) is 48.0 Å². The van der Waals surface area contributed by atoms with Gasteiger partial charge in [0.05, 0.1) is 12.7 Å². The Bertz CT molecular complexity index is 1120. The standard InChI is InChI=1S/C23H16Cl2O4/c1-27-17-4-2-3-14(9-17)10-22-23(26)19-8-7-18(12-21(19)29-22)28-13-15-5-6-16(24)11-20(15)25/h2-12H,13H2,1H3/b22-10-. The van der Waals surface area contributed by atoms with Crippen molar-refractivity contribution in [3.8, 4) is 17.2 Å². The lowest BCUT2D eigenvalue weighted by molar-refractivity contribution is 0.101. The van der Waals surface area contributed by atoms with Crippen molar-refractivity contribution in [2.24, 2.45) is 0 Å². The Kier molecular flexibility index (Phi) is 5.47. The second kappa shape index (κ2) is 8.19. The molecule has 4 rings (SSSR count). The maximum atomic E-state index is 12.6. The van der Waals surface area contributed by atoms with Crippen LogP contribution in [0.5, 0.6) is 17.2 Å². The van der Waals surface area contributed by atoms with Crippen molar-refractivity contribution in [1.82, 2.24) is 0 Å². The molecule has 29 heavy (non-hydrogen) atoms. The van der Waals surface area contributed by atoms with Crippen molar-refractivity contribution >= 4 is 35.1 Å². The van der Waals surface area contributed by atoms with E-state index in [1.54, 1.807) is 43.5 Å². The summed E-state index contributed by atoms with van der Waals surface area (Å²) in [5.74, 6) is 1.83. The summed E-state index contributed by atoms with van der Waals surface area (Å²) in [7, 11) is 1.60. The number of Topliss-reactive ketones (excluding diaryl/α,β-unsaturated/α-hetero) is 1. The number of benzene rings is 3. The maximum Gasteiger partial charge on any atom is 0.231 e. The van der Waals surface area contributed by atoms with Crippen LogP contribution in [0.25, 0.3) is 6.08 Å². The molecule has 0 aliphatic carbocycles. The zero-order valence-electron chi connectivity index (χ0n) is 15.4. The van der Waals surface area contributed by atoms with Crippen LogP contribution in [-0.2, 0) is 6.61 Å². The number of halogens is 2. The van der Waals surface area contributed by atoms with Gasteiger partial charge < -0.3 is 14.2 Å². The predicted octanol–water partition coefficient (Wildman–Crippen LogP) is 6.20. The largest absolute Gasteiger partial charge is 0.497 e. The van der Waals surface area contributed by atoms with Crippen molar-refractivity contribution in [3.63, 3.8) is 0 Å². The second-order valence-corrected chi connectivity index (χ2v) is 7.24. The molecule has 0 unspecified atom stereocenters. The van der Waals surface area contributed by atoms with Gasteiger partial charge in [-0.3, -0.25) is 4.79 Å². The topological polar surface area (TPSA) is 44.8 Å². The monoisotopic (exact) mass is 426 g/mol. The molecule has 3 aromatic carbocycles. The molecule has 0 saturated heterocycles. The van der Waals surface area contributed by atoms with Gasteiger partial charge in [-0.25, -0.2) is 0 Å². The van der Waals surface area contributed by atoms with E-state index in [4.69, 9.17) is 37.4 Å². The van der Waals surface area contributed by atoms with Crippen LogP contribution >= 0.6 is 23.2 Å². The van der Waals surface area contributed by atoms with Gasteiger partial charge in [-0.1, -0.05) is 41.4 Å². The molecule has 0 fully saturated rings. The summed E-state index contributed by atoms with van der Waals surface area (Å²) in [6.07, 6.45) is 1.69. The molecular weight excluding hydrogens is 411 g/mol. The third-order valence-corrected chi connectivity index (χ3v) is 5.03. The molecule has 146 valence electrons. The Morgan fingerprint density at radius 1 is 1.00 bits per heavy atom. The quantitative estimate of drug-likeness (QED) is 0.455. The summed E-state index contributed by atoms with van der Waals surface area (Å²) in [5, 5.41) is 1.10. The first-order valence-electron chi connectivity index (χ1n) is 8.82. The van der Waals surface area contributed by atoms with Crippen molar-refractivity contribution < 1.29 is 19.0 Å². The van der Waals surface area contributed by atoms with Crippen LogP contribution in [0, 0.1) is 0 Å². The van der Waals surface area contributed by atoms with Crippen molar-refractivity contribution in [1.29, 1.82) is 0 Å². The van der Waals surface area contributed by atoms with Crippen LogP contribution in [0.3, 0.4) is 0 Å². The van der Waals surface area contributed by atoms with Crippen molar-refractivity contribution in [2.45, 2.75) is 6.61 Å². The number of carbonyl (C=O) groups is 1. The van der Waals surface area contributed by atoms with Gasteiger partial charge in [0, 0.05) is 21.7 Å². The van der Waals surface area contributed by atoms with E-state index >= 15 is 0 Å². The van der Waals surface area contributed by atoms with Crippen LogP contribution < -0.4 is 14.2 Å². The first-order chi connectivity index (χ1) is 14.0. The molecule has 0 radical (unpaired) electrons. The average molecular weight is 427 g/mol. The number of rotatable bonds is 5. The highest BCUT2D eigenvalue weighted by Crippen LogP contribution is 2.35. The Labute approximate surface area is 178 Å². The van der Waals surface area contributed by atoms with Crippen LogP contribution in [0.15, 0.2) is 66.4 Å². The SMILES string of the molecule is COc1cccc(/C=C2\Oc3cc(OCc4ccc(Cl)cc4Cl)ccc3C2=O)c1. The summed E-state index contributed by atoms with van der Waals surface area (Å²) < 4.78 is 16.8. The average Bonchev–Trinajstić information content (AvgIpc) is 3.02. The molecule has 1 heterocycles. The highest BCUT2D eigenvalue weighted by Gasteiger charge is 2.27. The Balaban J connectivity index is 1.51. The van der Waals surface area contributed by atoms with Gasteiger partial charge in [0.2, 0.25) is 5.78 Å². The van der Waals surface area contributed by atoms with Crippen LogP contribution in [0.1, 0.15) is 21.5 Å². The minimum absolute atomic E-state index is 0.171. The van der Waals surface area contributed by atoms with Gasteiger partial charge in [-0.15, -0.1) is 0 Å². The molecule has 0 bridgehead atoms. The highest BCUT2D eigenvalue weighted by molar-refractivity contribution is 6.35.